The van der Waals surface area contributed by atoms with Crippen LogP contribution in [-0.2, 0) is 0 Å². The Bertz CT molecular complexity index is 818. The summed E-state index contributed by atoms with van der Waals surface area (Å²) in [7, 11) is 0. The molecule has 3 aromatic rings. The van der Waals surface area contributed by atoms with Crippen LogP contribution in [0.3, 0.4) is 0 Å². The van der Waals surface area contributed by atoms with E-state index in [1.165, 1.54) is 0 Å². The standard InChI is InChI=1S/C16H14N2O2/c1-10-6-3-4-9-14(10)18-11(2)17-13-8-5-7-12(15(13)18)16(19)20/h3-9H,1-2H3,(H,19,20). The zero-order valence-electron chi connectivity index (χ0n) is 11.3. The Balaban J connectivity index is 2.44. The van der Waals surface area contributed by atoms with Crippen molar-refractivity contribution in [3.8, 4) is 5.69 Å². The predicted octanol–water partition coefficient (Wildman–Crippen LogP) is 3.34. The molecule has 0 atom stereocenters. The molecule has 100 valence electrons. The van der Waals surface area contributed by atoms with Gasteiger partial charge in [0.05, 0.1) is 22.3 Å². The highest BCUT2D eigenvalue weighted by Gasteiger charge is 2.17. The normalized spacial score (nSPS) is 10.9. The van der Waals surface area contributed by atoms with Crippen LogP contribution in [0.2, 0.25) is 0 Å². The van der Waals surface area contributed by atoms with Crippen molar-refractivity contribution in [3.05, 3.63) is 59.4 Å². The lowest BCUT2D eigenvalue weighted by Gasteiger charge is -2.11. The molecule has 1 N–H and O–H groups in total. The molecule has 0 unspecified atom stereocenters. The van der Waals surface area contributed by atoms with Crippen LogP contribution in [0.25, 0.3) is 16.7 Å². The second-order valence-corrected chi connectivity index (χ2v) is 4.76. The number of hydrogen-bond donors (Lipinski definition) is 1. The fourth-order valence-corrected chi connectivity index (χ4v) is 2.52. The number of hydrogen-bond acceptors (Lipinski definition) is 2. The number of carboxylic acid groups (broad SMARTS) is 1. The number of benzene rings is 2. The van der Waals surface area contributed by atoms with Gasteiger partial charge in [-0.3, -0.25) is 4.57 Å². The number of aryl methyl sites for hydroxylation is 2. The van der Waals surface area contributed by atoms with Crippen LogP contribution >= 0.6 is 0 Å². The maximum Gasteiger partial charge on any atom is 0.337 e. The predicted molar refractivity (Wildman–Crippen MR) is 77.5 cm³/mol. The van der Waals surface area contributed by atoms with Crippen molar-refractivity contribution in [2.75, 3.05) is 0 Å². The highest BCUT2D eigenvalue weighted by molar-refractivity contribution is 6.01. The van der Waals surface area contributed by atoms with Crippen molar-refractivity contribution in [1.29, 1.82) is 0 Å². The minimum Gasteiger partial charge on any atom is -0.478 e. The molecular weight excluding hydrogens is 252 g/mol. The largest absolute Gasteiger partial charge is 0.478 e. The number of nitrogens with zero attached hydrogens (tertiary/aromatic N) is 2. The summed E-state index contributed by atoms with van der Waals surface area (Å²) in [5, 5.41) is 9.39. The van der Waals surface area contributed by atoms with Gasteiger partial charge < -0.3 is 5.11 Å². The number of aromatic nitrogens is 2. The molecule has 1 aromatic heterocycles. The number of fused-ring (bicyclic) bond motifs is 1. The minimum absolute atomic E-state index is 0.270. The van der Waals surface area contributed by atoms with Gasteiger partial charge in [-0.05, 0) is 37.6 Å². The van der Waals surface area contributed by atoms with Gasteiger partial charge in [-0.1, -0.05) is 24.3 Å². The smallest absolute Gasteiger partial charge is 0.337 e. The fraction of sp³-hybridized carbons (Fsp3) is 0.125. The van der Waals surface area contributed by atoms with Crippen LogP contribution in [0.15, 0.2) is 42.5 Å². The van der Waals surface area contributed by atoms with E-state index in [0.29, 0.717) is 11.0 Å². The van der Waals surface area contributed by atoms with E-state index in [1.807, 2.05) is 48.7 Å². The van der Waals surface area contributed by atoms with Crippen LogP contribution in [0.5, 0.6) is 0 Å². The van der Waals surface area contributed by atoms with E-state index in [0.717, 1.165) is 17.1 Å². The highest BCUT2D eigenvalue weighted by Crippen LogP contribution is 2.26. The Morgan fingerprint density at radius 1 is 1.10 bits per heavy atom. The first-order valence-corrected chi connectivity index (χ1v) is 6.37. The zero-order chi connectivity index (χ0) is 14.3. The van der Waals surface area contributed by atoms with E-state index in [1.54, 1.807) is 12.1 Å². The van der Waals surface area contributed by atoms with Crippen LogP contribution in [0.1, 0.15) is 21.7 Å². The first-order valence-electron chi connectivity index (χ1n) is 6.37. The van der Waals surface area contributed by atoms with Gasteiger partial charge in [-0.25, -0.2) is 9.78 Å². The maximum absolute atomic E-state index is 11.5. The first kappa shape index (κ1) is 12.4. The van der Waals surface area contributed by atoms with E-state index in [-0.39, 0.29) is 5.56 Å². The fourth-order valence-electron chi connectivity index (χ4n) is 2.52. The summed E-state index contributed by atoms with van der Waals surface area (Å²) in [5.41, 5.74) is 3.65. The summed E-state index contributed by atoms with van der Waals surface area (Å²) in [6.07, 6.45) is 0. The summed E-state index contributed by atoms with van der Waals surface area (Å²) >= 11 is 0. The number of para-hydroxylation sites is 2. The molecule has 0 radical (unpaired) electrons. The Kier molecular flexibility index (Phi) is 2.79. The minimum atomic E-state index is -0.940. The molecule has 0 saturated carbocycles. The Morgan fingerprint density at radius 3 is 2.55 bits per heavy atom. The van der Waals surface area contributed by atoms with Crippen molar-refractivity contribution in [2.45, 2.75) is 13.8 Å². The van der Waals surface area contributed by atoms with Gasteiger partial charge in [0, 0.05) is 0 Å². The molecule has 0 amide bonds. The second kappa shape index (κ2) is 4.49. The summed E-state index contributed by atoms with van der Waals surface area (Å²) in [6, 6.07) is 13.1. The van der Waals surface area contributed by atoms with Crippen LogP contribution < -0.4 is 0 Å². The van der Waals surface area contributed by atoms with E-state index in [4.69, 9.17) is 0 Å². The van der Waals surface area contributed by atoms with Crippen LogP contribution in [-0.4, -0.2) is 20.6 Å². The summed E-state index contributed by atoms with van der Waals surface area (Å²) in [6.45, 7) is 3.89. The third-order valence-electron chi connectivity index (χ3n) is 3.43. The summed E-state index contributed by atoms with van der Waals surface area (Å²) in [5.74, 6) is -0.159. The lowest BCUT2D eigenvalue weighted by atomic mass is 10.1. The Labute approximate surface area is 116 Å². The van der Waals surface area contributed by atoms with Gasteiger partial charge in [0.15, 0.2) is 0 Å². The molecule has 0 fully saturated rings. The third kappa shape index (κ3) is 1.77. The van der Waals surface area contributed by atoms with Crippen molar-refractivity contribution < 1.29 is 9.90 Å². The van der Waals surface area contributed by atoms with Gasteiger partial charge in [0.25, 0.3) is 0 Å². The number of aromatic carboxylic acids is 1. The maximum atomic E-state index is 11.5. The van der Waals surface area contributed by atoms with Gasteiger partial charge in [0.1, 0.15) is 5.82 Å². The monoisotopic (exact) mass is 266 g/mol. The number of imidazole rings is 1. The first-order chi connectivity index (χ1) is 9.59. The van der Waals surface area contributed by atoms with Gasteiger partial charge in [-0.15, -0.1) is 0 Å². The molecule has 0 saturated heterocycles. The lowest BCUT2D eigenvalue weighted by Crippen LogP contribution is -2.04. The molecule has 0 aliphatic rings. The van der Waals surface area contributed by atoms with Crippen LogP contribution in [0.4, 0.5) is 0 Å². The molecule has 0 spiro atoms. The molecule has 4 nitrogen and oxygen atoms in total. The second-order valence-electron chi connectivity index (χ2n) is 4.76. The van der Waals surface area contributed by atoms with Crippen molar-refractivity contribution >= 4 is 17.0 Å². The molecule has 2 aromatic carbocycles. The van der Waals surface area contributed by atoms with Gasteiger partial charge >= 0.3 is 5.97 Å². The van der Waals surface area contributed by atoms with Crippen molar-refractivity contribution in [2.24, 2.45) is 0 Å². The lowest BCUT2D eigenvalue weighted by molar-refractivity contribution is 0.0698. The molecule has 20 heavy (non-hydrogen) atoms. The van der Waals surface area contributed by atoms with Gasteiger partial charge in [-0.2, -0.15) is 0 Å². The number of carboxylic acids is 1. The zero-order valence-corrected chi connectivity index (χ0v) is 11.3. The van der Waals surface area contributed by atoms with Crippen molar-refractivity contribution in [3.63, 3.8) is 0 Å². The quantitative estimate of drug-likeness (QED) is 0.774. The molecule has 0 bridgehead atoms. The van der Waals surface area contributed by atoms with Gasteiger partial charge in [0.2, 0.25) is 0 Å². The van der Waals surface area contributed by atoms with Crippen LogP contribution in [0, 0.1) is 13.8 Å². The van der Waals surface area contributed by atoms with E-state index >= 15 is 0 Å². The van der Waals surface area contributed by atoms with Crippen molar-refractivity contribution in [1.82, 2.24) is 9.55 Å². The highest BCUT2D eigenvalue weighted by atomic mass is 16.4. The number of rotatable bonds is 2. The average molecular weight is 266 g/mol. The van der Waals surface area contributed by atoms with E-state index in [9.17, 15) is 9.90 Å². The molecular formula is C16H14N2O2. The molecule has 3 rings (SSSR count). The third-order valence-corrected chi connectivity index (χ3v) is 3.43. The molecule has 1 heterocycles. The summed E-state index contributed by atoms with van der Waals surface area (Å²) < 4.78 is 1.91. The average Bonchev–Trinajstić information content (AvgIpc) is 2.75. The van der Waals surface area contributed by atoms with E-state index in [2.05, 4.69) is 4.98 Å². The Hall–Kier alpha value is -2.62. The summed E-state index contributed by atoms with van der Waals surface area (Å²) in [4.78, 5) is 15.9. The van der Waals surface area contributed by atoms with E-state index < -0.39 is 5.97 Å². The number of carbonyl (C=O) groups is 1. The molecule has 4 heteroatoms. The topological polar surface area (TPSA) is 55.1 Å². The Morgan fingerprint density at radius 2 is 1.85 bits per heavy atom. The molecule has 0 aliphatic carbocycles. The molecule has 0 aliphatic heterocycles. The SMILES string of the molecule is Cc1ccccc1-n1c(C)nc2cccc(C(=O)O)c21.